The second-order valence-electron chi connectivity index (χ2n) is 9.24. The SMILES string of the molecule is Cc1ccc(S(=O)(=O)N/N=C2\C(C)CCC3(O)C(C)CCC(C(C)C)C23)cc1. The molecular weight excluding hydrogens is 372 g/mol. The van der Waals surface area contributed by atoms with E-state index in [1.54, 1.807) is 24.3 Å². The highest BCUT2D eigenvalue weighted by atomic mass is 32.2. The van der Waals surface area contributed by atoms with Crippen molar-refractivity contribution in [3.63, 3.8) is 0 Å². The first kappa shape index (κ1) is 21.3. The summed E-state index contributed by atoms with van der Waals surface area (Å²) in [6.07, 6.45) is 3.63. The van der Waals surface area contributed by atoms with E-state index < -0.39 is 15.6 Å². The van der Waals surface area contributed by atoms with Gasteiger partial charge in [-0.1, -0.05) is 45.4 Å². The number of rotatable bonds is 4. The maximum atomic E-state index is 12.7. The predicted molar refractivity (Wildman–Crippen MR) is 112 cm³/mol. The lowest BCUT2D eigenvalue weighted by molar-refractivity contribution is -0.111. The fourth-order valence-corrected chi connectivity index (χ4v) is 5.92. The minimum absolute atomic E-state index is 0.0966. The van der Waals surface area contributed by atoms with E-state index in [0.717, 1.165) is 37.0 Å². The molecule has 5 nitrogen and oxygen atoms in total. The standard InChI is InChI=1S/C22H34N2O3S/c1-14(2)19-11-8-17(5)22(25)13-12-16(4)21(20(19)22)23-24-28(26,27)18-9-6-15(3)7-10-18/h6-7,9-10,14,16-17,19-20,24-25H,8,11-13H2,1-5H3/b23-21+. The van der Waals surface area contributed by atoms with Crippen molar-refractivity contribution in [1.29, 1.82) is 0 Å². The van der Waals surface area contributed by atoms with Crippen LogP contribution in [0.1, 0.15) is 58.9 Å². The quantitative estimate of drug-likeness (QED) is 0.739. The number of fused-ring (bicyclic) bond motifs is 1. The predicted octanol–water partition coefficient (Wildman–Crippen LogP) is 4.11. The lowest BCUT2D eigenvalue weighted by Gasteiger charge is -2.54. The van der Waals surface area contributed by atoms with Crippen molar-refractivity contribution < 1.29 is 13.5 Å². The van der Waals surface area contributed by atoms with Crippen LogP contribution in [-0.2, 0) is 10.0 Å². The van der Waals surface area contributed by atoms with Crippen LogP contribution in [0.3, 0.4) is 0 Å². The van der Waals surface area contributed by atoms with Gasteiger partial charge in [-0.2, -0.15) is 13.5 Å². The highest BCUT2D eigenvalue weighted by Crippen LogP contribution is 2.51. The Morgan fingerprint density at radius 2 is 1.79 bits per heavy atom. The third-order valence-electron chi connectivity index (χ3n) is 7.04. The number of aryl methyl sites for hydroxylation is 1. The van der Waals surface area contributed by atoms with E-state index in [-0.39, 0.29) is 22.6 Å². The molecule has 6 heteroatoms. The average Bonchev–Trinajstić information content (AvgIpc) is 2.63. The zero-order chi connectivity index (χ0) is 20.7. The zero-order valence-electron chi connectivity index (χ0n) is 17.6. The molecule has 0 heterocycles. The third-order valence-corrected chi connectivity index (χ3v) is 8.26. The molecule has 0 bridgehead atoms. The van der Waals surface area contributed by atoms with Crippen molar-refractivity contribution in [3.05, 3.63) is 29.8 Å². The lowest BCUT2D eigenvalue weighted by Crippen LogP contribution is -2.59. The molecule has 3 rings (SSSR count). The van der Waals surface area contributed by atoms with Crippen molar-refractivity contribution in [3.8, 4) is 0 Å². The third kappa shape index (κ3) is 3.86. The minimum atomic E-state index is -3.73. The molecule has 2 saturated carbocycles. The van der Waals surface area contributed by atoms with Gasteiger partial charge in [0.15, 0.2) is 0 Å². The van der Waals surface area contributed by atoms with Gasteiger partial charge in [-0.3, -0.25) is 0 Å². The first-order chi connectivity index (χ1) is 13.1. The molecule has 5 atom stereocenters. The Morgan fingerprint density at radius 3 is 2.39 bits per heavy atom. The Hall–Kier alpha value is -1.40. The molecule has 0 spiro atoms. The van der Waals surface area contributed by atoms with Gasteiger partial charge in [-0.05, 0) is 68.4 Å². The Balaban J connectivity index is 1.96. The van der Waals surface area contributed by atoms with Crippen molar-refractivity contribution in [1.82, 2.24) is 4.83 Å². The summed E-state index contributed by atoms with van der Waals surface area (Å²) < 4.78 is 25.5. The van der Waals surface area contributed by atoms with Crippen LogP contribution in [0.5, 0.6) is 0 Å². The van der Waals surface area contributed by atoms with Crippen molar-refractivity contribution in [2.24, 2.45) is 34.7 Å². The summed E-state index contributed by atoms with van der Waals surface area (Å²) >= 11 is 0. The van der Waals surface area contributed by atoms with Crippen LogP contribution in [0, 0.1) is 36.5 Å². The van der Waals surface area contributed by atoms with Crippen LogP contribution < -0.4 is 4.83 Å². The smallest absolute Gasteiger partial charge is 0.276 e. The lowest BCUT2D eigenvalue weighted by atomic mass is 9.54. The number of aliphatic hydroxyl groups is 1. The Bertz CT molecular complexity index is 832. The largest absolute Gasteiger partial charge is 0.389 e. The molecule has 2 fully saturated rings. The Kier molecular flexibility index (Phi) is 5.93. The molecule has 2 aliphatic carbocycles. The maximum absolute atomic E-state index is 12.7. The summed E-state index contributed by atoms with van der Waals surface area (Å²) in [7, 11) is -3.73. The van der Waals surface area contributed by atoms with E-state index in [4.69, 9.17) is 0 Å². The van der Waals surface area contributed by atoms with E-state index in [2.05, 4.69) is 37.6 Å². The first-order valence-corrected chi connectivity index (χ1v) is 11.9. The molecule has 5 unspecified atom stereocenters. The summed E-state index contributed by atoms with van der Waals surface area (Å²) in [6, 6.07) is 6.75. The summed E-state index contributed by atoms with van der Waals surface area (Å²) in [5.41, 5.74) is 1.02. The molecule has 0 aliphatic heterocycles. The number of hydrogen-bond acceptors (Lipinski definition) is 4. The van der Waals surface area contributed by atoms with Gasteiger partial charge in [-0.15, -0.1) is 0 Å². The number of nitrogens with zero attached hydrogens (tertiary/aromatic N) is 1. The topological polar surface area (TPSA) is 78.8 Å². The molecule has 0 saturated heterocycles. The highest BCUT2D eigenvalue weighted by Gasteiger charge is 2.54. The van der Waals surface area contributed by atoms with E-state index in [0.29, 0.717) is 11.8 Å². The van der Waals surface area contributed by atoms with Crippen LogP contribution in [0.2, 0.25) is 0 Å². The van der Waals surface area contributed by atoms with Crippen LogP contribution >= 0.6 is 0 Å². The second-order valence-corrected chi connectivity index (χ2v) is 10.9. The molecular formula is C22H34N2O3S. The molecule has 0 amide bonds. The highest BCUT2D eigenvalue weighted by molar-refractivity contribution is 7.89. The summed E-state index contributed by atoms with van der Waals surface area (Å²) in [4.78, 5) is 2.68. The van der Waals surface area contributed by atoms with Gasteiger partial charge in [-0.25, -0.2) is 4.83 Å². The fraction of sp³-hybridized carbons (Fsp3) is 0.682. The Morgan fingerprint density at radius 1 is 1.14 bits per heavy atom. The summed E-state index contributed by atoms with van der Waals surface area (Å²) in [5.74, 6) is 0.969. The fourth-order valence-electron chi connectivity index (χ4n) is 5.10. The monoisotopic (exact) mass is 406 g/mol. The van der Waals surface area contributed by atoms with Gasteiger partial charge in [0.2, 0.25) is 0 Å². The molecule has 2 aliphatic rings. The van der Waals surface area contributed by atoms with Crippen LogP contribution in [0.15, 0.2) is 34.3 Å². The number of sulfonamides is 1. The van der Waals surface area contributed by atoms with Crippen molar-refractivity contribution in [2.75, 3.05) is 0 Å². The van der Waals surface area contributed by atoms with E-state index in [1.807, 2.05) is 6.92 Å². The van der Waals surface area contributed by atoms with Crippen LogP contribution in [0.4, 0.5) is 0 Å². The van der Waals surface area contributed by atoms with Gasteiger partial charge in [0.1, 0.15) is 0 Å². The normalized spacial score (nSPS) is 35.0. The molecule has 1 aromatic rings. The van der Waals surface area contributed by atoms with Gasteiger partial charge in [0.05, 0.1) is 10.5 Å². The van der Waals surface area contributed by atoms with E-state index in [1.165, 1.54) is 0 Å². The Labute approximate surface area is 169 Å². The van der Waals surface area contributed by atoms with E-state index >= 15 is 0 Å². The average molecular weight is 407 g/mol. The van der Waals surface area contributed by atoms with Crippen molar-refractivity contribution in [2.45, 2.75) is 70.8 Å². The first-order valence-electron chi connectivity index (χ1n) is 10.4. The zero-order valence-corrected chi connectivity index (χ0v) is 18.5. The molecule has 0 aromatic heterocycles. The molecule has 0 radical (unpaired) electrons. The number of nitrogens with one attached hydrogen (secondary N) is 1. The number of hydrazone groups is 1. The maximum Gasteiger partial charge on any atom is 0.276 e. The molecule has 28 heavy (non-hydrogen) atoms. The van der Waals surface area contributed by atoms with Gasteiger partial charge in [0.25, 0.3) is 10.0 Å². The minimum Gasteiger partial charge on any atom is -0.389 e. The molecule has 2 N–H and O–H groups in total. The number of hydrogen-bond donors (Lipinski definition) is 2. The van der Waals surface area contributed by atoms with Crippen LogP contribution in [0.25, 0.3) is 0 Å². The van der Waals surface area contributed by atoms with Gasteiger partial charge in [0, 0.05) is 11.6 Å². The second kappa shape index (κ2) is 7.79. The van der Waals surface area contributed by atoms with E-state index in [9.17, 15) is 13.5 Å². The van der Waals surface area contributed by atoms with Crippen LogP contribution in [-0.4, -0.2) is 24.8 Å². The van der Waals surface area contributed by atoms with Gasteiger partial charge < -0.3 is 5.11 Å². The van der Waals surface area contributed by atoms with Crippen molar-refractivity contribution >= 4 is 15.7 Å². The summed E-state index contributed by atoms with van der Waals surface area (Å²) in [5, 5.41) is 16.0. The molecule has 1 aromatic carbocycles. The molecule has 156 valence electrons. The van der Waals surface area contributed by atoms with Gasteiger partial charge >= 0.3 is 0 Å². The number of benzene rings is 1. The summed E-state index contributed by atoms with van der Waals surface area (Å²) in [6.45, 7) is 10.5.